The van der Waals surface area contributed by atoms with Gasteiger partial charge in [0.1, 0.15) is 17.6 Å². The van der Waals surface area contributed by atoms with Gasteiger partial charge in [0.2, 0.25) is 5.88 Å². The van der Waals surface area contributed by atoms with E-state index in [1.165, 1.54) is 11.3 Å². The fourth-order valence-electron chi connectivity index (χ4n) is 2.56. The average Bonchev–Trinajstić information content (AvgIpc) is 2.94. The molecule has 0 atom stereocenters. The molecule has 2 aromatic heterocycles. The van der Waals surface area contributed by atoms with Crippen molar-refractivity contribution >= 4 is 22.9 Å². The van der Waals surface area contributed by atoms with Crippen molar-refractivity contribution in [1.29, 1.82) is 5.26 Å². The van der Waals surface area contributed by atoms with Crippen LogP contribution < -0.4 is 10.1 Å². The van der Waals surface area contributed by atoms with Crippen LogP contribution in [0.4, 0.5) is 0 Å². The molecule has 22 heavy (non-hydrogen) atoms. The standard InChI is InChI=1S/C16H16ClN3OS/c17-13-8-12(9-18)22-15(13)10-21-16-3-1-2-14(20-16)11-4-6-19-7-5-11/h1-3,8,11,19H,4-7,10H2. The van der Waals surface area contributed by atoms with E-state index in [2.05, 4.69) is 22.4 Å². The largest absolute Gasteiger partial charge is 0.472 e. The van der Waals surface area contributed by atoms with Gasteiger partial charge in [0.15, 0.2) is 0 Å². The Balaban J connectivity index is 1.67. The van der Waals surface area contributed by atoms with Gasteiger partial charge in [-0.3, -0.25) is 0 Å². The number of nitrogens with zero attached hydrogens (tertiary/aromatic N) is 2. The lowest BCUT2D eigenvalue weighted by molar-refractivity contribution is 0.295. The predicted octanol–water partition coefficient (Wildman–Crippen LogP) is 3.71. The van der Waals surface area contributed by atoms with Gasteiger partial charge in [-0.05, 0) is 38.1 Å². The van der Waals surface area contributed by atoms with E-state index >= 15 is 0 Å². The van der Waals surface area contributed by atoms with Crippen LogP contribution in [0.3, 0.4) is 0 Å². The number of ether oxygens (including phenoxy) is 1. The Hall–Kier alpha value is -1.61. The molecule has 1 aliphatic heterocycles. The summed E-state index contributed by atoms with van der Waals surface area (Å²) in [5, 5.41) is 12.8. The summed E-state index contributed by atoms with van der Waals surface area (Å²) in [7, 11) is 0. The molecule has 6 heteroatoms. The maximum absolute atomic E-state index is 8.88. The van der Waals surface area contributed by atoms with Gasteiger partial charge in [-0.1, -0.05) is 17.7 Å². The Bertz CT molecular complexity index is 689. The molecule has 114 valence electrons. The van der Waals surface area contributed by atoms with Crippen LogP contribution in [0.25, 0.3) is 0 Å². The van der Waals surface area contributed by atoms with Crippen LogP contribution in [0.2, 0.25) is 5.02 Å². The SMILES string of the molecule is N#Cc1cc(Cl)c(COc2cccc(C3CCNCC3)n2)s1. The Morgan fingerprint density at radius 1 is 1.41 bits per heavy atom. The molecular weight excluding hydrogens is 318 g/mol. The highest BCUT2D eigenvalue weighted by molar-refractivity contribution is 7.13. The van der Waals surface area contributed by atoms with Crippen LogP contribution in [0.15, 0.2) is 24.3 Å². The summed E-state index contributed by atoms with van der Waals surface area (Å²) >= 11 is 7.45. The van der Waals surface area contributed by atoms with E-state index < -0.39 is 0 Å². The quantitative estimate of drug-likeness (QED) is 0.926. The number of pyridine rings is 1. The lowest BCUT2D eigenvalue weighted by Gasteiger charge is -2.22. The summed E-state index contributed by atoms with van der Waals surface area (Å²) in [5.74, 6) is 1.11. The predicted molar refractivity (Wildman–Crippen MR) is 87.5 cm³/mol. The van der Waals surface area contributed by atoms with E-state index in [0.29, 0.717) is 28.3 Å². The highest BCUT2D eigenvalue weighted by atomic mass is 35.5. The number of nitrogens with one attached hydrogen (secondary N) is 1. The van der Waals surface area contributed by atoms with Crippen molar-refractivity contribution in [3.8, 4) is 11.9 Å². The first-order valence-electron chi connectivity index (χ1n) is 7.25. The van der Waals surface area contributed by atoms with E-state index in [9.17, 15) is 0 Å². The third-order valence-electron chi connectivity index (χ3n) is 3.72. The lowest BCUT2D eigenvalue weighted by Crippen LogP contribution is -2.27. The number of halogens is 1. The van der Waals surface area contributed by atoms with E-state index in [-0.39, 0.29) is 0 Å². The van der Waals surface area contributed by atoms with Gasteiger partial charge >= 0.3 is 0 Å². The zero-order chi connectivity index (χ0) is 15.4. The fourth-order valence-corrected chi connectivity index (χ4v) is 3.66. The number of thiophene rings is 1. The maximum atomic E-state index is 8.88. The van der Waals surface area contributed by atoms with E-state index in [1.54, 1.807) is 6.07 Å². The Morgan fingerprint density at radius 2 is 2.23 bits per heavy atom. The van der Waals surface area contributed by atoms with Crippen LogP contribution in [0.1, 0.15) is 34.2 Å². The van der Waals surface area contributed by atoms with Crippen LogP contribution in [0, 0.1) is 11.3 Å². The molecule has 3 rings (SSSR count). The minimum absolute atomic E-state index is 0.341. The second-order valence-corrected chi connectivity index (χ2v) is 6.75. The number of hydrogen-bond donors (Lipinski definition) is 1. The van der Waals surface area contributed by atoms with E-state index in [4.69, 9.17) is 21.6 Å². The van der Waals surface area contributed by atoms with Crippen molar-refractivity contribution in [2.45, 2.75) is 25.4 Å². The first-order valence-corrected chi connectivity index (χ1v) is 8.44. The zero-order valence-corrected chi connectivity index (χ0v) is 13.6. The Morgan fingerprint density at radius 3 is 2.95 bits per heavy atom. The number of hydrogen-bond acceptors (Lipinski definition) is 5. The molecule has 0 unspecified atom stereocenters. The molecule has 1 aliphatic rings. The number of piperidine rings is 1. The number of nitriles is 1. The minimum Gasteiger partial charge on any atom is -0.472 e. The van der Waals surface area contributed by atoms with Gasteiger partial charge in [-0.15, -0.1) is 11.3 Å². The fraction of sp³-hybridized carbons (Fsp3) is 0.375. The second kappa shape index (κ2) is 7.10. The summed E-state index contributed by atoms with van der Waals surface area (Å²) in [6, 6.07) is 9.67. The lowest BCUT2D eigenvalue weighted by atomic mass is 9.94. The summed E-state index contributed by atoms with van der Waals surface area (Å²) in [4.78, 5) is 6.07. The topological polar surface area (TPSA) is 57.9 Å². The smallest absolute Gasteiger partial charge is 0.213 e. The molecule has 1 fully saturated rings. The number of rotatable bonds is 4. The molecule has 0 amide bonds. The highest BCUT2D eigenvalue weighted by Crippen LogP contribution is 2.28. The molecule has 2 aromatic rings. The van der Waals surface area contributed by atoms with Gasteiger partial charge in [-0.25, -0.2) is 4.98 Å². The molecule has 1 saturated heterocycles. The van der Waals surface area contributed by atoms with Gasteiger partial charge in [0.25, 0.3) is 0 Å². The summed E-state index contributed by atoms with van der Waals surface area (Å²) in [6.07, 6.45) is 2.22. The molecular formula is C16H16ClN3OS. The van der Waals surface area contributed by atoms with E-state index in [1.807, 2.05) is 12.1 Å². The maximum Gasteiger partial charge on any atom is 0.213 e. The van der Waals surface area contributed by atoms with Gasteiger partial charge in [0, 0.05) is 17.7 Å². The molecule has 0 saturated carbocycles. The van der Waals surface area contributed by atoms with Gasteiger partial charge < -0.3 is 10.1 Å². The molecule has 4 nitrogen and oxygen atoms in total. The normalized spacial score (nSPS) is 15.5. The molecule has 0 bridgehead atoms. The molecule has 0 radical (unpaired) electrons. The molecule has 1 N–H and O–H groups in total. The first-order chi connectivity index (χ1) is 10.8. The Kier molecular flexibility index (Phi) is 4.94. The van der Waals surface area contributed by atoms with Crippen molar-refractivity contribution in [1.82, 2.24) is 10.3 Å². The summed E-state index contributed by atoms with van der Waals surface area (Å²) in [5.41, 5.74) is 1.09. The number of aromatic nitrogens is 1. The first kappa shape index (κ1) is 15.3. The van der Waals surface area contributed by atoms with Crippen molar-refractivity contribution < 1.29 is 4.74 Å². The molecule has 0 spiro atoms. The summed E-state index contributed by atoms with van der Waals surface area (Å²) in [6.45, 7) is 2.42. The van der Waals surface area contributed by atoms with Crippen molar-refractivity contribution in [2.75, 3.05) is 13.1 Å². The van der Waals surface area contributed by atoms with Crippen molar-refractivity contribution in [3.05, 3.63) is 44.7 Å². The van der Waals surface area contributed by atoms with Gasteiger partial charge in [-0.2, -0.15) is 5.26 Å². The zero-order valence-electron chi connectivity index (χ0n) is 12.0. The second-order valence-electron chi connectivity index (χ2n) is 5.21. The monoisotopic (exact) mass is 333 g/mol. The minimum atomic E-state index is 0.341. The molecule has 0 aliphatic carbocycles. The van der Waals surface area contributed by atoms with Crippen molar-refractivity contribution in [2.24, 2.45) is 0 Å². The third-order valence-corrected chi connectivity index (χ3v) is 5.18. The highest BCUT2D eigenvalue weighted by Gasteiger charge is 2.17. The van der Waals surface area contributed by atoms with Crippen molar-refractivity contribution in [3.63, 3.8) is 0 Å². The Labute approximate surface area is 138 Å². The van der Waals surface area contributed by atoms with Crippen LogP contribution in [0.5, 0.6) is 5.88 Å². The third kappa shape index (κ3) is 3.58. The molecule has 3 heterocycles. The molecule has 0 aromatic carbocycles. The van der Waals surface area contributed by atoms with Gasteiger partial charge in [0.05, 0.1) is 9.90 Å². The van der Waals surface area contributed by atoms with Crippen LogP contribution in [-0.2, 0) is 6.61 Å². The van der Waals surface area contributed by atoms with Crippen LogP contribution in [-0.4, -0.2) is 18.1 Å². The average molecular weight is 334 g/mol. The van der Waals surface area contributed by atoms with Crippen LogP contribution >= 0.6 is 22.9 Å². The summed E-state index contributed by atoms with van der Waals surface area (Å²) < 4.78 is 5.75. The van der Waals surface area contributed by atoms with E-state index in [0.717, 1.165) is 36.5 Å².